The highest BCUT2D eigenvalue weighted by molar-refractivity contribution is 5.99. The topological polar surface area (TPSA) is 69.0 Å². The van der Waals surface area contributed by atoms with E-state index in [4.69, 9.17) is 13.9 Å². The SMILES string of the molecule is COc1ccc(CCN2C(=O)c3oc4ccccc4c(=O)c3C2c2cccc(Oc3ccccc3)c2)cc1. The summed E-state index contributed by atoms with van der Waals surface area (Å²) >= 11 is 0. The summed E-state index contributed by atoms with van der Waals surface area (Å²) in [4.78, 5) is 29.2. The van der Waals surface area contributed by atoms with Gasteiger partial charge in [-0.15, -0.1) is 0 Å². The third-order valence-corrected chi connectivity index (χ3v) is 6.83. The standard InChI is InChI=1S/C32H25NO5/c1-36-23-16-14-21(15-17-23)18-19-33-29(22-8-7-11-25(20-22)37-24-9-3-2-4-10-24)28-30(34)26-12-5-6-13-27(26)38-31(28)32(33)35/h2-17,20,29H,18-19H2,1H3. The van der Waals surface area contributed by atoms with Gasteiger partial charge in [0.25, 0.3) is 5.91 Å². The van der Waals surface area contributed by atoms with Crippen molar-refractivity contribution in [3.8, 4) is 17.2 Å². The van der Waals surface area contributed by atoms with Gasteiger partial charge in [0.1, 0.15) is 22.8 Å². The monoisotopic (exact) mass is 503 g/mol. The summed E-state index contributed by atoms with van der Waals surface area (Å²) in [5, 5.41) is 0.456. The van der Waals surface area contributed by atoms with Crippen molar-refractivity contribution in [2.45, 2.75) is 12.5 Å². The number of hydrogen-bond acceptors (Lipinski definition) is 5. The maximum absolute atomic E-state index is 13.7. The van der Waals surface area contributed by atoms with E-state index in [1.807, 2.05) is 78.9 Å². The second kappa shape index (κ2) is 9.90. The number of ether oxygens (including phenoxy) is 2. The van der Waals surface area contributed by atoms with Crippen LogP contribution in [0.3, 0.4) is 0 Å². The van der Waals surface area contributed by atoms with Crippen LogP contribution in [0.5, 0.6) is 17.2 Å². The number of fused-ring (bicyclic) bond motifs is 2. The van der Waals surface area contributed by atoms with E-state index in [2.05, 4.69) is 0 Å². The van der Waals surface area contributed by atoms with Crippen LogP contribution in [0.15, 0.2) is 112 Å². The van der Waals surface area contributed by atoms with Crippen LogP contribution in [-0.4, -0.2) is 24.5 Å². The Hall–Kier alpha value is -4.84. The molecule has 1 unspecified atom stereocenters. The van der Waals surface area contributed by atoms with Crippen molar-refractivity contribution >= 4 is 16.9 Å². The van der Waals surface area contributed by atoms with Crippen molar-refractivity contribution in [1.29, 1.82) is 0 Å². The number of amides is 1. The number of carbonyl (C=O) groups is 1. The van der Waals surface area contributed by atoms with E-state index < -0.39 is 6.04 Å². The Morgan fingerprint density at radius 3 is 2.32 bits per heavy atom. The van der Waals surface area contributed by atoms with Crippen molar-refractivity contribution in [2.75, 3.05) is 13.7 Å². The zero-order valence-electron chi connectivity index (χ0n) is 20.8. The highest BCUT2D eigenvalue weighted by Crippen LogP contribution is 2.39. The van der Waals surface area contributed by atoms with Crippen LogP contribution in [0.4, 0.5) is 0 Å². The predicted molar refractivity (Wildman–Crippen MR) is 145 cm³/mol. The molecule has 2 heterocycles. The average Bonchev–Trinajstić information content (AvgIpc) is 3.24. The zero-order valence-corrected chi connectivity index (χ0v) is 20.8. The fraction of sp³-hybridized carbons (Fsp3) is 0.125. The van der Waals surface area contributed by atoms with Crippen molar-refractivity contribution in [2.24, 2.45) is 0 Å². The fourth-order valence-corrected chi connectivity index (χ4v) is 4.96. The van der Waals surface area contributed by atoms with E-state index in [0.717, 1.165) is 16.9 Å². The second-order valence-corrected chi connectivity index (χ2v) is 9.16. The Balaban J connectivity index is 1.42. The first-order valence-corrected chi connectivity index (χ1v) is 12.4. The minimum atomic E-state index is -0.601. The number of para-hydroxylation sites is 2. The summed E-state index contributed by atoms with van der Waals surface area (Å²) < 4.78 is 17.4. The first kappa shape index (κ1) is 23.6. The van der Waals surface area contributed by atoms with Gasteiger partial charge in [-0.1, -0.05) is 54.6 Å². The summed E-state index contributed by atoms with van der Waals surface area (Å²) in [6.07, 6.45) is 0.605. The van der Waals surface area contributed by atoms with Gasteiger partial charge in [-0.2, -0.15) is 0 Å². The lowest BCUT2D eigenvalue weighted by Crippen LogP contribution is -2.31. The molecule has 1 atom stereocenters. The molecule has 0 saturated heterocycles. The van der Waals surface area contributed by atoms with Crippen LogP contribution < -0.4 is 14.9 Å². The number of rotatable bonds is 7. The molecule has 0 N–H and O–H groups in total. The molecule has 0 fully saturated rings. The van der Waals surface area contributed by atoms with Gasteiger partial charge in [-0.05, 0) is 66.1 Å². The average molecular weight is 504 g/mol. The highest BCUT2D eigenvalue weighted by Gasteiger charge is 2.42. The molecule has 1 aromatic heterocycles. The normalized spacial score (nSPS) is 14.5. The Kier molecular flexibility index (Phi) is 6.14. The molecule has 0 spiro atoms. The number of benzene rings is 4. The molecule has 1 amide bonds. The Labute approximate surface area is 219 Å². The third kappa shape index (κ3) is 4.30. The minimum absolute atomic E-state index is 0.0998. The van der Waals surface area contributed by atoms with E-state index >= 15 is 0 Å². The largest absolute Gasteiger partial charge is 0.497 e. The molecule has 38 heavy (non-hydrogen) atoms. The quantitative estimate of drug-likeness (QED) is 0.258. The fourth-order valence-electron chi connectivity index (χ4n) is 4.96. The van der Waals surface area contributed by atoms with Gasteiger partial charge in [0.05, 0.1) is 24.1 Å². The van der Waals surface area contributed by atoms with E-state index in [9.17, 15) is 9.59 Å². The molecule has 4 aromatic carbocycles. The van der Waals surface area contributed by atoms with Crippen molar-refractivity contribution < 1.29 is 18.7 Å². The van der Waals surface area contributed by atoms with Crippen LogP contribution in [0.1, 0.15) is 33.3 Å². The molecule has 6 nitrogen and oxygen atoms in total. The second-order valence-electron chi connectivity index (χ2n) is 9.16. The van der Waals surface area contributed by atoms with Crippen LogP contribution in [0.25, 0.3) is 11.0 Å². The first-order valence-electron chi connectivity index (χ1n) is 12.4. The van der Waals surface area contributed by atoms with Crippen LogP contribution in [0, 0.1) is 0 Å². The van der Waals surface area contributed by atoms with Crippen molar-refractivity contribution in [1.82, 2.24) is 4.90 Å². The van der Waals surface area contributed by atoms with Gasteiger partial charge in [-0.3, -0.25) is 9.59 Å². The summed E-state index contributed by atoms with van der Waals surface area (Å²) in [6, 6.07) is 31.2. The summed E-state index contributed by atoms with van der Waals surface area (Å²) in [6.45, 7) is 0.402. The Morgan fingerprint density at radius 1 is 0.789 bits per heavy atom. The first-order chi connectivity index (χ1) is 18.6. The molecule has 1 aliphatic heterocycles. The molecule has 0 saturated carbocycles. The molecule has 1 aliphatic rings. The maximum Gasteiger partial charge on any atom is 0.290 e. The lowest BCUT2D eigenvalue weighted by Gasteiger charge is -2.25. The highest BCUT2D eigenvalue weighted by atomic mass is 16.5. The molecule has 188 valence electrons. The summed E-state index contributed by atoms with van der Waals surface area (Å²) in [7, 11) is 1.63. The number of nitrogens with zero attached hydrogens (tertiary/aromatic N) is 1. The van der Waals surface area contributed by atoms with Crippen LogP contribution in [0.2, 0.25) is 0 Å². The molecular formula is C32H25NO5. The number of hydrogen-bond donors (Lipinski definition) is 0. The molecule has 0 radical (unpaired) electrons. The number of methoxy groups -OCH3 is 1. The molecule has 5 aromatic rings. The van der Waals surface area contributed by atoms with Crippen LogP contribution in [-0.2, 0) is 6.42 Å². The minimum Gasteiger partial charge on any atom is -0.497 e. The Bertz CT molecular complexity index is 1670. The van der Waals surface area contributed by atoms with Crippen molar-refractivity contribution in [3.63, 3.8) is 0 Å². The van der Waals surface area contributed by atoms with Gasteiger partial charge in [-0.25, -0.2) is 0 Å². The van der Waals surface area contributed by atoms with E-state index in [0.29, 0.717) is 41.0 Å². The molecule has 6 rings (SSSR count). The van der Waals surface area contributed by atoms with Gasteiger partial charge < -0.3 is 18.8 Å². The zero-order chi connectivity index (χ0) is 26.1. The summed E-state index contributed by atoms with van der Waals surface area (Å²) in [5.74, 6) is 1.90. The van der Waals surface area contributed by atoms with E-state index in [1.165, 1.54) is 0 Å². The predicted octanol–water partition coefficient (Wildman–Crippen LogP) is 6.38. The smallest absolute Gasteiger partial charge is 0.290 e. The molecule has 0 bridgehead atoms. The third-order valence-electron chi connectivity index (χ3n) is 6.83. The van der Waals surface area contributed by atoms with E-state index in [-0.39, 0.29) is 17.1 Å². The van der Waals surface area contributed by atoms with Crippen molar-refractivity contribution in [3.05, 3.63) is 136 Å². The number of carbonyl (C=O) groups excluding carboxylic acids is 1. The van der Waals surface area contributed by atoms with Gasteiger partial charge >= 0.3 is 0 Å². The lowest BCUT2D eigenvalue weighted by molar-refractivity contribution is 0.0730. The maximum atomic E-state index is 13.7. The van der Waals surface area contributed by atoms with Crippen LogP contribution >= 0.6 is 0 Å². The molecular weight excluding hydrogens is 478 g/mol. The van der Waals surface area contributed by atoms with Gasteiger partial charge in [0, 0.05) is 6.54 Å². The molecule has 6 heteroatoms. The Morgan fingerprint density at radius 2 is 1.53 bits per heavy atom. The lowest BCUT2D eigenvalue weighted by atomic mass is 9.98. The van der Waals surface area contributed by atoms with E-state index in [1.54, 1.807) is 36.3 Å². The molecule has 0 aliphatic carbocycles. The summed E-state index contributed by atoms with van der Waals surface area (Å²) in [5.41, 5.74) is 2.41. The van der Waals surface area contributed by atoms with Gasteiger partial charge in [0.2, 0.25) is 5.76 Å². The van der Waals surface area contributed by atoms with Gasteiger partial charge in [0.15, 0.2) is 5.43 Å².